The minimum atomic E-state index is 0.144. The lowest BCUT2D eigenvalue weighted by Gasteiger charge is -1.97. The average molecular weight is 142 g/mol. The standard InChI is InChI=1S/C8H14O2/c1-7(2)4-5-8(9)6-10-3/h1,4-6H2,2-3H3. The van der Waals surface area contributed by atoms with Crippen molar-refractivity contribution in [2.75, 3.05) is 13.7 Å². The quantitative estimate of drug-likeness (QED) is 0.544. The molecule has 0 aromatic carbocycles. The second-order valence-electron chi connectivity index (χ2n) is 2.43. The Labute approximate surface area is 61.9 Å². The molecule has 0 saturated carbocycles. The molecule has 0 atom stereocenters. The van der Waals surface area contributed by atoms with Crippen LogP contribution in [0.4, 0.5) is 0 Å². The molecule has 0 rings (SSSR count). The van der Waals surface area contributed by atoms with E-state index in [2.05, 4.69) is 11.3 Å². The van der Waals surface area contributed by atoms with Crippen molar-refractivity contribution in [2.45, 2.75) is 19.8 Å². The van der Waals surface area contributed by atoms with E-state index in [1.807, 2.05) is 6.92 Å². The number of rotatable bonds is 5. The van der Waals surface area contributed by atoms with Gasteiger partial charge in [-0.25, -0.2) is 0 Å². The number of methoxy groups -OCH3 is 1. The number of carbonyl (C=O) groups excluding carboxylic acids is 1. The zero-order valence-electron chi connectivity index (χ0n) is 6.64. The van der Waals surface area contributed by atoms with E-state index in [1.165, 1.54) is 7.11 Å². The third-order valence-corrected chi connectivity index (χ3v) is 1.14. The number of allylic oxidation sites excluding steroid dienone is 1. The minimum Gasteiger partial charge on any atom is -0.377 e. The molecule has 0 aromatic rings. The maximum absolute atomic E-state index is 10.8. The maximum Gasteiger partial charge on any atom is 0.158 e. The molecule has 0 unspecified atom stereocenters. The molecule has 0 heterocycles. The first-order valence-corrected chi connectivity index (χ1v) is 3.32. The highest BCUT2D eigenvalue weighted by atomic mass is 16.5. The molecule has 10 heavy (non-hydrogen) atoms. The summed E-state index contributed by atoms with van der Waals surface area (Å²) in [6.07, 6.45) is 1.34. The fourth-order valence-electron chi connectivity index (χ4n) is 0.586. The van der Waals surface area contributed by atoms with Crippen LogP contribution in [0.1, 0.15) is 19.8 Å². The SMILES string of the molecule is C=C(C)CCC(=O)COC. The van der Waals surface area contributed by atoms with Gasteiger partial charge in [-0.05, 0) is 13.3 Å². The van der Waals surface area contributed by atoms with Gasteiger partial charge in [0.15, 0.2) is 5.78 Å². The fraction of sp³-hybridized carbons (Fsp3) is 0.625. The monoisotopic (exact) mass is 142 g/mol. The number of ketones is 1. The highest BCUT2D eigenvalue weighted by Crippen LogP contribution is 2.00. The van der Waals surface area contributed by atoms with Crippen molar-refractivity contribution in [3.63, 3.8) is 0 Å². The second-order valence-corrected chi connectivity index (χ2v) is 2.43. The molecule has 0 aliphatic carbocycles. The zero-order valence-corrected chi connectivity index (χ0v) is 6.64. The summed E-state index contributed by atoms with van der Waals surface area (Å²) in [4.78, 5) is 10.8. The predicted octanol–water partition coefficient (Wildman–Crippen LogP) is 1.56. The largest absolute Gasteiger partial charge is 0.377 e. The Morgan fingerprint density at radius 1 is 1.50 bits per heavy atom. The normalized spacial score (nSPS) is 9.40. The number of hydrogen-bond donors (Lipinski definition) is 0. The van der Waals surface area contributed by atoms with E-state index in [1.54, 1.807) is 0 Å². The van der Waals surface area contributed by atoms with E-state index in [-0.39, 0.29) is 12.4 Å². The smallest absolute Gasteiger partial charge is 0.158 e. The van der Waals surface area contributed by atoms with Crippen molar-refractivity contribution >= 4 is 5.78 Å². The summed E-state index contributed by atoms with van der Waals surface area (Å²) in [5.41, 5.74) is 1.05. The summed E-state index contributed by atoms with van der Waals surface area (Å²) in [5.74, 6) is 0.144. The third-order valence-electron chi connectivity index (χ3n) is 1.14. The van der Waals surface area contributed by atoms with Crippen molar-refractivity contribution < 1.29 is 9.53 Å². The fourth-order valence-corrected chi connectivity index (χ4v) is 0.586. The summed E-state index contributed by atoms with van der Waals surface area (Å²) in [6.45, 7) is 5.84. The van der Waals surface area contributed by atoms with E-state index in [4.69, 9.17) is 0 Å². The molecule has 2 nitrogen and oxygen atoms in total. The lowest BCUT2D eigenvalue weighted by atomic mass is 10.1. The number of ether oxygens (including phenoxy) is 1. The molecular weight excluding hydrogens is 128 g/mol. The third kappa shape index (κ3) is 5.51. The molecule has 0 spiro atoms. The van der Waals surface area contributed by atoms with Crippen LogP contribution in [-0.2, 0) is 9.53 Å². The van der Waals surface area contributed by atoms with Gasteiger partial charge in [0.1, 0.15) is 6.61 Å². The van der Waals surface area contributed by atoms with Crippen molar-refractivity contribution in [1.29, 1.82) is 0 Å². The van der Waals surface area contributed by atoms with Crippen molar-refractivity contribution in [2.24, 2.45) is 0 Å². The van der Waals surface area contributed by atoms with Crippen LogP contribution in [0.2, 0.25) is 0 Å². The highest BCUT2D eigenvalue weighted by Gasteiger charge is 1.99. The van der Waals surface area contributed by atoms with Crippen LogP contribution >= 0.6 is 0 Å². The molecule has 0 amide bonds. The second kappa shape index (κ2) is 5.18. The van der Waals surface area contributed by atoms with Gasteiger partial charge in [0.05, 0.1) is 0 Å². The van der Waals surface area contributed by atoms with Crippen molar-refractivity contribution in [3.8, 4) is 0 Å². The van der Waals surface area contributed by atoms with Gasteiger partial charge >= 0.3 is 0 Å². The van der Waals surface area contributed by atoms with E-state index in [0.29, 0.717) is 6.42 Å². The van der Waals surface area contributed by atoms with Crippen LogP contribution in [0.25, 0.3) is 0 Å². The van der Waals surface area contributed by atoms with Crippen molar-refractivity contribution in [1.82, 2.24) is 0 Å². The first kappa shape index (κ1) is 9.37. The topological polar surface area (TPSA) is 26.3 Å². The van der Waals surface area contributed by atoms with E-state index in [0.717, 1.165) is 12.0 Å². The van der Waals surface area contributed by atoms with Gasteiger partial charge in [0, 0.05) is 13.5 Å². The summed E-state index contributed by atoms with van der Waals surface area (Å²) >= 11 is 0. The highest BCUT2D eigenvalue weighted by molar-refractivity contribution is 5.79. The molecule has 0 radical (unpaired) electrons. The Bertz CT molecular complexity index is 127. The van der Waals surface area contributed by atoms with Crippen LogP contribution in [0.5, 0.6) is 0 Å². The minimum absolute atomic E-state index is 0.144. The van der Waals surface area contributed by atoms with Gasteiger partial charge in [-0.3, -0.25) is 4.79 Å². The van der Waals surface area contributed by atoms with Crippen LogP contribution in [0.3, 0.4) is 0 Å². The molecule has 58 valence electrons. The zero-order chi connectivity index (χ0) is 7.98. The van der Waals surface area contributed by atoms with Gasteiger partial charge in [-0.1, -0.05) is 5.57 Å². The molecule has 2 heteroatoms. The lowest BCUT2D eigenvalue weighted by Crippen LogP contribution is -2.05. The summed E-state index contributed by atoms with van der Waals surface area (Å²) < 4.78 is 4.66. The van der Waals surface area contributed by atoms with Gasteiger partial charge in [-0.2, -0.15) is 0 Å². The van der Waals surface area contributed by atoms with Crippen molar-refractivity contribution in [3.05, 3.63) is 12.2 Å². The lowest BCUT2D eigenvalue weighted by molar-refractivity contribution is -0.122. The molecular formula is C8H14O2. The number of Topliss-reactive ketones (excluding diaryl/α,β-unsaturated/α-hetero) is 1. The Morgan fingerprint density at radius 2 is 2.10 bits per heavy atom. The Balaban J connectivity index is 3.30. The summed E-state index contributed by atoms with van der Waals surface area (Å²) in [5, 5.41) is 0. The van der Waals surface area contributed by atoms with E-state index in [9.17, 15) is 4.79 Å². The molecule has 0 aromatic heterocycles. The molecule has 0 fully saturated rings. The molecule has 0 aliphatic heterocycles. The van der Waals surface area contributed by atoms with Crippen LogP contribution in [0, 0.1) is 0 Å². The van der Waals surface area contributed by atoms with E-state index < -0.39 is 0 Å². The Morgan fingerprint density at radius 3 is 2.50 bits per heavy atom. The van der Waals surface area contributed by atoms with Gasteiger partial charge < -0.3 is 4.74 Å². The molecule has 0 bridgehead atoms. The van der Waals surface area contributed by atoms with E-state index >= 15 is 0 Å². The first-order chi connectivity index (χ1) is 4.66. The van der Waals surface area contributed by atoms with Gasteiger partial charge in [-0.15, -0.1) is 6.58 Å². The van der Waals surface area contributed by atoms with Gasteiger partial charge in [0.25, 0.3) is 0 Å². The van der Waals surface area contributed by atoms with Crippen LogP contribution < -0.4 is 0 Å². The Kier molecular flexibility index (Phi) is 4.85. The maximum atomic E-state index is 10.8. The van der Waals surface area contributed by atoms with Crippen LogP contribution in [-0.4, -0.2) is 19.5 Å². The first-order valence-electron chi connectivity index (χ1n) is 3.32. The number of hydrogen-bond acceptors (Lipinski definition) is 2. The molecule has 0 aliphatic rings. The Hall–Kier alpha value is -0.630. The predicted molar refractivity (Wildman–Crippen MR) is 40.9 cm³/mol. The summed E-state index contributed by atoms with van der Waals surface area (Å²) in [7, 11) is 1.53. The van der Waals surface area contributed by atoms with Gasteiger partial charge in [0.2, 0.25) is 0 Å². The van der Waals surface area contributed by atoms with Crippen LogP contribution in [0.15, 0.2) is 12.2 Å². The average Bonchev–Trinajstić information content (AvgIpc) is 1.85. The molecule has 0 N–H and O–H groups in total. The molecule has 0 saturated heterocycles. The number of carbonyl (C=O) groups is 1. The summed E-state index contributed by atoms with van der Waals surface area (Å²) in [6, 6.07) is 0.